The molecule has 0 rings (SSSR count). The van der Waals surface area contributed by atoms with Gasteiger partial charge in [-0.05, 0) is 31.4 Å². The number of unbranched alkanes of at least 4 members (excludes halogenated alkanes) is 9. The van der Waals surface area contributed by atoms with Crippen molar-refractivity contribution >= 4 is 44.3 Å². The van der Waals surface area contributed by atoms with E-state index < -0.39 is 7.32 Å². The predicted molar refractivity (Wildman–Crippen MR) is 134 cm³/mol. The third kappa shape index (κ3) is 17.8. The smallest absolute Gasteiger partial charge is 0.374 e. The molecule has 0 amide bonds. The monoisotopic (exact) mass is 452 g/mol. The Bertz CT molecular complexity index is 315. The van der Waals surface area contributed by atoms with E-state index in [0.717, 1.165) is 25.0 Å². The van der Waals surface area contributed by atoms with Crippen LogP contribution in [-0.2, 0) is 14.0 Å². The molecular weight excluding hydrogens is 407 g/mol. The zero-order valence-corrected chi connectivity index (χ0v) is 21.3. The molecule has 0 fully saturated rings. The Morgan fingerprint density at radius 1 is 0.643 bits per heavy atom. The van der Waals surface area contributed by atoms with Crippen molar-refractivity contribution < 1.29 is 14.0 Å². The zero-order valence-electron chi connectivity index (χ0n) is 18.7. The largest absolute Gasteiger partial charge is 0.641 e. The molecule has 168 valence electrons. The maximum absolute atomic E-state index is 6.06. The number of thioether (sulfide) groups is 1. The van der Waals surface area contributed by atoms with Gasteiger partial charge < -0.3 is 14.0 Å². The van der Waals surface area contributed by atoms with E-state index in [9.17, 15) is 0 Å². The van der Waals surface area contributed by atoms with Crippen molar-refractivity contribution in [1.29, 1.82) is 0 Å². The molecule has 0 aromatic heterocycles. The zero-order chi connectivity index (χ0) is 21.0. The molecule has 0 saturated carbocycles. The lowest BCUT2D eigenvalue weighted by Crippen LogP contribution is -2.35. The van der Waals surface area contributed by atoms with Crippen LogP contribution >= 0.6 is 37.0 Å². The van der Waals surface area contributed by atoms with E-state index >= 15 is 0 Å². The summed E-state index contributed by atoms with van der Waals surface area (Å²) in [5.41, 5.74) is -0.294. The lowest BCUT2D eigenvalue weighted by atomic mass is 10.1. The Morgan fingerprint density at radius 2 is 1.11 bits per heavy atom. The van der Waals surface area contributed by atoms with E-state index in [2.05, 4.69) is 39.1 Å². The summed E-state index contributed by atoms with van der Waals surface area (Å²) in [6, 6.07) is 0. The maximum Gasteiger partial charge on any atom is 0.641 e. The number of thiol groups is 2. The lowest BCUT2D eigenvalue weighted by molar-refractivity contribution is 0.0676. The molecule has 0 aliphatic heterocycles. The highest BCUT2D eigenvalue weighted by atomic mass is 32.2. The van der Waals surface area contributed by atoms with Gasteiger partial charge in [0.2, 0.25) is 0 Å². The first-order valence-electron chi connectivity index (χ1n) is 11.5. The van der Waals surface area contributed by atoms with Crippen molar-refractivity contribution in [3.05, 3.63) is 0 Å². The van der Waals surface area contributed by atoms with Crippen molar-refractivity contribution in [3.8, 4) is 0 Å². The Labute approximate surface area is 191 Å². The van der Waals surface area contributed by atoms with E-state index in [-0.39, 0.29) is 16.3 Å². The maximum atomic E-state index is 6.06. The van der Waals surface area contributed by atoms with E-state index in [1.54, 1.807) is 0 Å². The Kier molecular flexibility index (Phi) is 22.0. The van der Waals surface area contributed by atoms with Crippen molar-refractivity contribution in [2.24, 2.45) is 0 Å². The van der Waals surface area contributed by atoms with Gasteiger partial charge in [-0.25, -0.2) is 0 Å². The van der Waals surface area contributed by atoms with Crippen LogP contribution in [0, 0.1) is 0 Å². The van der Waals surface area contributed by atoms with Gasteiger partial charge in [-0.3, -0.25) is 0 Å². The molecule has 0 saturated heterocycles. The van der Waals surface area contributed by atoms with Gasteiger partial charge in [0.1, 0.15) is 0 Å². The standard InChI is InChI=1S/C21H45BO3S3/c1-5-9-10-11-12-13-14-15-16-17-18-28-21(8-4)25-22(23-19(26)6-2)24-20(27)7-3/h19-21,26-27H,5-18H2,1-4H3. The highest BCUT2D eigenvalue weighted by Gasteiger charge is 2.29. The van der Waals surface area contributed by atoms with Gasteiger partial charge in [-0.15, -0.1) is 37.0 Å². The summed E-state index contributed by atoms with van der Waals surface area (Å²) in [7, 11) is -0.699. The molecule has 3 unspecified atom stereocenters. The minimum absolute atomic E-state index is 0.0818. The third-order valence-corrected chi connectivity index (χ3v) is 6.95. The van der Waals surface area contributed by atoms with E-state index in [0.29, 0.717) is 0 Å². The van der Waals surface area contributed by atoms with Crippen molar-refractivity contribution in [2.45, 2.75) is 127 Å². The number of hydrogen-bond donors (Lipinski definition) is 2. The molecule has 0 aromatic carbocycles. The summed E-state index contributed by atoms with van der Waals surface area (Å²) < 4.78 is 17.6. The van der Waals surface area contributed by atoms with Crippen LogP contribution in [0.3, 0.4) is 0 Å². The first-order chi connectivity index (χ1) is 13.6. The molecular formula is C21H45BO3S3. The van der Waals surface area contributed by atoms with Gasteiger partial charge in [-0.1, -0.05) is 85.5 Å². The van der Waals surface area contributed by atoms with Crippen LogP contribution in [0.4, 0.5) is 0 Å². The van der Waals surface area contributed by atoms with Gasteiger partial charge >= 0.3 is 7.32 Å². The fourth-order valence-electron chi connectivity index (χ4n) is 2.73. The van der Waals surface area contributed by atoms with E-state index in [1.165, 1.54) is 64.2 Å². The van der Waals surface area contributed by atoms with E-state index in [1.807, 2.05) is 25.6 Å². The molecule has 3 nitrogen and oxygen atoms in total. The van der Waals surface area contributed by atoms with Crippen LogP contribution in [0.25, 0.3) is 0 Å². The topological polar surface area (TPSA) is 27.7 Å². The summed E-state index contributed by atoms with van der Waals surface area (Å²) >= 11 is 10.7. The summed E-state index contributed by atoms with van der Waals surface area (Å²) in [6.45, 7) is 8.48. The van der Waals surface area contributed by atoms with Crippen LogP contribution in [0.2, 0.25) is 0 Å². The molecule has 0 N–H and O–H groups in total. The van der Waals surface area contributed by atoms with Crippen LogP contribution in [0.1, 0.15) is 111 Å². The van der Waals surface area contributed by atoms with Crippen LogP contribution in [-0.4, -0.2) is 29.4 Å². The highest BCUT2D eigenvalue weighted by Crippen LogP contribution is 2.22. The fourth-order valence-corrected chi connectivity index (χ4v) is 3.96. The SMILES string of the molecule is CCCCCCCCCCCCSC(CC)OB(OC(S)CC)OC(S)CC. The second-order valence-electron chi connectivity index (χ2n) is 7.31. The van der Waals surface area contributed by atoms with Crippen molar-refractivity contribution in [1.82, 2.24) is 0 Å². The van der Waals surface area contributed by atoms with Gasteiger partial charge in [0.25, 0.3) is 0 Å². The molecule has 0 bridgehead atoms. The fraction of sp³-hybridized carbons (Fsp3) is 1.00. The van der Waals surface area contributed by atoms with Crippen molar-refractivity contribution in [2.75, 3.05) is 5.75 Å². The van der Waals surface area contributed by atoms with Gasteiger partial charge in [0.05, 0.1) is 16.3 Å². The third-order valence-electron chi connectivity index (χ3n) is 4.63. The molecule has 0 spiro atoms. The molecule has 0 aliphatic rings. The number of rotatable bonds is 21. The van der Waals surface area contributed by atoms with Crippen LogP contribution < -0.4 is 0 Å². The second-order valence-corrected chi connectivity index (χ2v) is 9.73. The molecule has 0 aromatic rings. The lowest BCUT2D eigenvalue weighted by Gasteiger charge is -2.24. The number of hydrogen-bond acceptors (Lipinski definition) is 6. The summed E-state index contributed by atoms with van der Waals surface area (Å²) in [6.07, 6.45) is 16.2. The average Bonchev–Trinajstić information content (AvgIpc) is 2.70. The van der Waals surface area contributed by atoms with Gasteiger partial charge in [0.15, 0.2) is 0 Å². The molecule has 0 aliphatic carbocycles. The predicted octanol–water partition coefficient (Wildman–Crippen LogP) is 7.74. The first kappa shape index (κ1) is 29.0. The summed E-state index contributed by atoms with van der Waals surface area (Å²) in [5, 5.41) is 0. The Hall–Kier alpha value is 0.995. The molecule has 7 heteroatoms. The molecule has 0 heterocycles. The average molecular weight is 453 g/mol. The highest BCUT2D eigenvalue weighted by molar-refractivity contribution is 7.99. The minimum atomic E-state index is -0.699. The molecule has 3 atom stereocenters. The second kappa shape index (κ2) is 21.2. The van der Waals surface area contributed by atoms with Crippen LogP contribution in [0.5, 0.6) is 0 Å². The van der Waals surface area contributed by atoms with Gasteiger partial charge in [-0.2, -0.15) is 0 Å². The quantitative estimate of drug-likeness (QED) is 0.0806. The van der Waals surface area contributed by atoms with Gasteiger partial charge in [0, 0.05) is 0 Å². The molecule has 28 heavy (non-hydrogen) atoms. The first-order valence-corrected chi connectivity index (χ1v) is 13.6. The van der Waals surface area contributed by atoms with E-state index in [4.69, 9.17) is 14.0 Å². The minimum Gasteiger partial charge on any atom is -0.374 e. The normalized spacial score (nSPS) is 14.8. The Morgan fingerprint density at radius 3 is 1.54 bits per heavy atom. The Balaban J connectivity index is 3.91. The van der Waals surface area contributed by atoms with Crippen molar-refractivity contribution in [3.63, 3.8) is 0 Å². The van der Waals surface area contributed by atoms with Crippen LogP contribution in [0.15, 0.2) is 0 Å². The molecule has 0 radical (unpaired) electrons. The summed E-state index contributed by atoms with van der Waals surface area (Å²) in [5.74, 6) is 1.12. The summed E-state index contributed by atoms with van der Waals surface area (Å²) in [4.78, 5) is 0.